The molecule has 2 atom stereocenters. The smallest absolute Gasteiger partial charge is 0.0168 e. The van der Waals surface area contributed by atoms with Gasteiger partial charge in [-0.1, -0.05) is 26.2 Å². The molecule has 1 aliphatic heterocycles. The molecule has 1 heterocycles. The molecule has 46 valence electrons. The molecule has 0 fully saturated rings. The first-order chi connectivity index (χ1) is 3.72. The summed E-state index contributed by atoms with van der Waals surface area (Å²) in [5.74, 6) is 0. The Balaban J connectivity index is 2.59. The number of allylic oxidation sites excluding steroid dienone is 2. The molecule has 1 aliphatic rings. The van der Waals surface area contributed by atoms with E-state index in [2.05, 4.69) is 26.6 Å². The van der Waals surface area contributed by atoms with Crippen LogP contribution in [0.1, 0.15) is 20.3 Å². The fourth-order valence-electron chi connectivity index (χ4n) is 0.991. The Hall–Kier alpha value is 0.170. The average Bonchev–Trinajstić information content (AvgIpc) is 1.98. The van der Waals surface area contributed by atoms with E-state index in [-0.39, 0.29) is 7.92 Å². The van der Waals surface area contributed by atoms with Gasteiger partial charge in [-0.15, -0.1) is 0 Å². The van der Waals surface area contributed by atoms with Crippen LogP contribution in [0.25, 0.3) is 0 Å². The molecule has 0 spiro atoms. The highest BCUT2D eigenvalue weighted by Crippen LogP contribution is 2.51. The van der Waals surface area contributed by atoms with E-state index in [9.17, 15) is 0 Å². The molecule has 0 saturated carbocycles. The van der Waals surface area contributed by atoms with Crippen molar-refractivity contribution < 1.29 is 0 Å². The summed E-state index contributed by atoms with van der Waals surface area (Å²) in [6, 6.07) is 0. The lowest BCUT2D eigenvalue weighted by Crippen LogP contribution is -1.89. The van der Waals surface area contributed by atoms with Gasteiger partial charge in [0.2, 0.25) is 0 Å². The van der Waals surface area contributed by atoms with Crippen LogP contribution in [-0.4, -0.2) is 12.3 Å². The maximum atomic E-state index is 2.39. The van der Waals surface area contributed by atoms with Crippen molar-refractivity contribution in [3.8, 4) is 0 Å². The summed E-state index contributed by atoms with van der Waals surface area (Å²) in [5, 5.41) is 1.65. The molecule has 0 aromatic heterocycles. The van der Waals surface area contributed by atoms with Crippen molar-refractivity contribution in [1.29, 1.82) is 0 Å². The molecule has 0 aromatic rings. The average molecular weight is 128 g/mol. The maximum Gasteiger partial charge on any atom is -0.0168 e. The van der Waals surface area contributed by atoms with Crippen molar-refractivity contribution in [3.63, 3.8) is 0 Å². The van der Waals surface area contributed by atoms with Gasteiger partial charge in [-0.3, -0.25) is 0 Å². The van der Waals surface area contributed by atoms with E-state index in [1.807, 2.05) is 0 Å². The van der Waals surface area contributed by atoms with Gasteiger partial charge in [0.25, 0.3) is 0 Å². The van der Waals surface area contributed by atoms with E-state index in [4.69, 9.17) is 0 Å². The van der Waals surface area contributed by atoms with E-state index < -0.39 is 0 Å². The Morgan fingerprint density at radius 3 is 2.50 bits per heavy atom. The zero-order valence-electron chi connectivity index (χ0n) is 5.81. The molecule has 0 nitrogen and oxygen atoms in total. The molecule has 0 unspecified atom stereocenters. The molecule has 0 radical (unpaired) electrons. The van der Waals surface area contributed by atoms with Gasteiger partial charge in [-0.05, 0) is 25.7 Å². The monoisotopic (exact) mass is 128 g/mol. The second kappa shape index (κ2) is 2.19. The standard InChI is InChI=1S/C7H13P/c1-6-4-5-7(2)8(6)3/h4,7H,5H2,1-3H3/t7-,8-/m0/s1. The Morgan fingerprint density at radius 1 is 1.75 bits per heavy atom. The minimum Gasteiger partial charge on any atom is -0.0805 e. The SMILES string of the molecule is CC1=CC[C@H](C)[P@@]1C. The fraction of sp³-hybridized carbons (Fsp3) is 0.714. The lowest BCUT2D eigenvalue weighted by Gasteiger charge is -2.10. The predicted molar refractivity (Wildman–Crippen MR) is 40.7 cm³/mol. The van der Waals surface area contributed by atoms with E-state index in [0.29, 0.717) is 0 Å². The third kappa shape index (κ3) is 0.951. The summed E-state index contributed by atoms with van der Waals surface area (Å²) in [7, 11) is 0.274. The highest BCUT2D eigenvalue weighted by Gasteiger charge is 2.17. The van der Waals surface area contributed by atoms with Crippen LogP contribution < -0.4 is 0 Å². The first-order valence-corrected chi connectivity index (χ1v) is 4.97. The van der Waals surface area contributed by atoms with Crippen LogP contribution >= 0.6 is 7.92 Å². The van der Waals surface area contributed by atoms with E-state index in [1.165, 1.54) is 6.42 Å². The van der Waals surface area contributed by atoms with Gasteiger partial charge in [0, 0.05) is 0 Å². The fourth-order valence-corrected chi connectivity index (χ4v) is 2.50. The van der Waals surface area contributed by atoms with Gasteiger partial charge < -0.3 is 0 Å². The van der Waals surface area contributed by atoms with Gasteiger partial charge in [0.15, 0.2) is 0 Å². The summed E-state index contributed by atoms with van der Waals surface area (Å²) >= 11 is 0. The van der Waals surface area contributed by atoms with Crippen molar-refractivity contribution >= 4 is 7.92 Å². The summed E-state index contributed by atoms with van der Waals surface area (Å²) in [4.78, 5) is 0. The van der Waals surface area contributed by atoms with Crippen molar-refractivity contribution in [1.82, 2.24) is 0 Å². The molecule has 0 bridgehead atoms. The van der Waals surface area contributed by atoms with Crippen LogP contribution in [0.3, 0.4) is 0 Å². The Morgan fingerprint density at radius 2 is 2.38 bits per heavy atom. The number of hydrogen-bond donors (Lipinski definition) is 0. The van der Waals surface area contributed by atoms with Gasteiger partial charge in [-0.25, -0.2) is 0 Å². The molecule has 0 amide bonds. The Labute approximate surface area is 52.7 Å². The molecule has 0 N–H and O–H groups in total. The van der Waals surface area contributed by atoms with Crippen LogP contribution in [0.5, 0.6) is 0 Å². The van der Waals surface area contributed by atoms with Crippen molar-refractivity contribution in [2.45, 2.75) is 25.9 Å². The highest BCUT2D eigenvalue weighted by molar-refractivity contribution is 7.62. The topological polar surface area (TPSA) is 0 Å². The van der Waals surface area contributed by atoms with Crippen LogP contribution in [0, 0.1) is 0 Å². The van der Waals surface area contributed by atoms with E-state index >= 15 is 0 Å². The van der Waals surface area contributed by atoms with Gasteiger partial charge in [0.1, 0.15) is 0 Å². The molecule has 0 saturated heterocycles. The van der Waals surface area contributed by atoms with Crippen LogP contribution in [0.4, 0.5) is 0 Å². The third-order valence-corrected chi connectivity index (χ3v) is 4.80. The minimum absolute atomic E-state index is 0.274. The summed E-state index contributed by atoms with van der Waals surface area (Å²) in [5.41, 5.74) is 0.963. The second-order valence-corrected chi connectivity index (χ2v) is 5.35. The predicted octanol–water partition coefficient (Wildman–Crippen LogP) is 2.79. The van der Waals surface area contributed by atoms with Crippen molar-refractivity contribution in [2.24, 2.45) is 0 Å². The van der Waals surface area contributed by atoms with Crippen LogP contribution in [-0.2, 0) is 0 Å². The van der Waals surface area contributed by atoms with Crippen LogP contribution in [0.15, 0.2) is 11.4 Å². The van der Waals surface area contributed by atoms with Crippen LogP contribution in [0.2, 0.25) is 0 Å². The highest BCUT2D eigenvalue weighted by atomic mass is 31.1. The largest absolute Gasteiger partial charge is 0.0805 e. The zero-order valence-corrected chi connectivity index (χ0v) is 6.70. The maximum absolute atomic E-state index is 2.39. The summed E-state index contributed by atoms with van der Waals surface area (Å²) < 4.78 is 0. The first kappa shape index (κ1) is 6.29. The van der Waals surface area contributed by atoms with Gasteiger partial charge >= 0.3 is 0 Å². The minimum atomic E-state index is 0.274. The molecule has 0 aromatic carbocycles. The summed E-state index contributed by atoms with van der Waals surface area (Å²) in [6.45, 7) is 6.98. The molecule has 0 aliphatic carbocycles. The van der Waals surface area contributed by atoms with Gasteiger partial charge in [-0.2, -0.15) is 0 Å². The third-order valence-electron chi connectivity index (χ3n) is 1.97. The molecular formula is C7H13P. The quantitative estimate of drug-likeness (QED) is 0.440. The Kier molecular flexibility index (Phi) is 1.72. The normalized spacial score (nSPS) is 37.6. The van der Waals surface area contributed by atoms with Crippen molar-refractivity contribution in [2.75, 3.05) is 6.66 Å². The Bertz CT molecular complexity index is 116. The van der Waals surface area contributed by atoms with E-state index in [0.717, 1.165) is 5.66 Å². The molecule has 8 heavy (non-hydrogen) atoms. The lowest BCUT2D eigenvalue weighted by molar-refractivity contribution is 0.989. The second-order valence-electron chi connectivity index (χ2n) is 2.54. The zero-order chi connectivity index (χ0) is 6.15. The van der Waals surface area contributed by atoms with E-state index in [1.54, 1.807) is 5.31 Å². The van der Waals surface area contributed by atoms with Crippen molar-refractivity contribution in [3.05, 3.63) is 11.4 Å². The lowest BCUT2D eigenvalue weighted by atomic mass is 10.3. The molecule has 1 rings (SSSR count). The first-order valence-electron chi connectivity index (χ1n) is 3.11. The number of hydrogen-bond acceptors (Lipinski definition) is 0. The number of rotatable bonds is 0. The van der Waals surface area contributed by atoms with Gasteiger partial charge in [0.05, 0.1) is 0 Å². The molecular weight excluding hydrogens is 115 g/mol. The molecule has 1 heteroatoms. The summed E-state index contributed by atoms with van der Waals surface area (Å²) in [6.07, 6.45) is 3.71.